The summed E-state index contributed by atoms with van der Waals surface area (Å²) in [4.78, 5) is 18.9. The Hall–Kier alpha value is -2.98. The Morgan fingerprint density at radius 1 is 0.340 bits per heavy atom. The molecule has 0 spiro atoms. The Bertz CT molecular complexity index is 2280. The van der Waals surface area contributed by atoms with E-state index in [0.29, 0.717) is 0 Å². The largest absolute Gasteiger partial charge is 0.139 e. The van der Waals surface area contributed by atoms with Gasteiger partial charge in [-0.1, -0.05) is 77.1 Å². The fraction of sp³-hybridized carbons (Fsp3) is 0.304. The number of hydrogen-bond acceptors (Lipinski definition) is 7. The highest BCUT2D eigenvalue weighted by atomic mass is 32.1. The van der Waals surface area contributed by atoms with Crippen LogP contribution in [0.15, 0.2) is 84.9 Å². The SMILES string of the molecule is CCCCC#Cc1ccc(-c2ccc(-c3ccc(-c4ccc(CCC)s4)s3)s2)s1.CCCCC#Cc1ccc(-c2ccc(-c3ccc(CCC)s3)s2)s1. The zero-order valence-electron chi connectivity index (χ0n) is 31.0. The maximum atomic E-state index is 3.32. The van der Waals surface area contributed by atoms with Gasteiger partial charge in [0.1, 0.15) is 0 Å². The van der Waals surface area contributed by atoms with Crippen LogP contribution in [0.1, 0.15) is 98.6 Å². The first-order valence-electron chi connectivity index (χ1n) is 18.7. The van der Waals surface area contributed by atoms with Crippen molar-refractivity contribution in [3.05, 3.63) is 104 Å². The number of unbranched alkanes of at least 4 members (excludes halogenated alkanes) is 4. The van der Waals surface area contributed by atoms with Crippen LogP contribution in [0.5, 0.6) is 0 Å². The van der Waals surface area contributed by atoms with E-state index in [1.165, 1.54) is 120 Å². The predicted molar refractivity (Wildman–Crippen MR) is 246 cm³/mol. The van der Waals surface area contributed by atoms with E-state index in [1.807, 2.05) is 56.7 Å². The van der Waals surface area contributed by atoms with Gasteiger partial charge in [0.2, 0.25) is 0 Å². The van der Waals surface area contributed by atoms with Crippen LogP contribution in [0.25, 0.3) is 48.8 Å². The molecule has 53 heavy (non-hydrogen) atoms. The van der Waals surface area contributed by atoms with Crippen molar-refractivity contribution >= 4 is 79.4 Å². The Kier molecular flexibility index (Phi) is 15.5. The minimum atomic E-state index is 0.998. The van der Waals surface area contributed by atoms with E-state index in [2.05, 4.69) is 136 Å². The zero-order chi connectivity index (χ0) is 36.8. The number of hydrogen-bond donors (Lipinski definition) is 0. The molecule has 7 heterocycles. The quantitative estimate of drug-likeness (QED) is 0.0803. The molecule has 0 saturated heterocycles. The second-order valence-corrected chi connectivity index (χ2v) is 20.4. The van der Waals surface area contributed by atoms with Gasteiger partial charge in [-0.25, -0.2) is 0 Å². The predicted octanol–water partition coefficient (Wildman–Crippen LogP) is 17.1. The molecule has 0 aliphatic carbocycles. The lowest BCUT2D eigenvalue weighted by Gasteiger charge is -1.92. The molecule has 0 bridgehead atoms. The van der Waals surface area contributed by atoms with Crippen molar-refractivity contribution < 1.29 is 0 Å². The number of thiophene rings is 7. The summed E-state index contributed by atoms with van der Waals surface area (Å²) in [6.07, 6.45) is 11.6. The Morgan fingerprint density at radius 2 is 0.642 bits per heavy atom. The standard InChI is InChI=1S/C25H24S4.C21H22S3/c1-3-5-6-7-9-19-11-13-21(27-19)23-15-17-25(29-23)24-16-14-22(28-24)20-12-10-18(26-20)8-4-2;1-3-5-6-7-9-17-11-13-19(23-17)21-15-14-20(24-21)18-12-10-16(22-18)8-4-2/h10-17H,3-6,8H2,1-2H3;10-15H,3-6,8H2,1-2H3. The zero-order valence-corrected chi connectivity index (χ0v) is 36.7. The first-order valence-corrected chi connectivity index (χ1v) is 24.4. The highest BCUT2D eigenvalue weighted by Crippen LogP contribution is 2.43. The van der Waals surface area contributed by atoms with E-state index < -0.39 is 0 Å². The van der Waals surface area contributed by atoms with E-state index in [9.17, 15) is 0 Å². The van der Waals surface area contributed by atoms with Gasteiger partial charge in [-0.3, -0.25) is 0 Å². The summed E-state index contributed by atoms with van der Waals surface area (Å²) >= 11 is 13.1. The molecule has 0 fully saturated rings. The van der Waals surface area contributed by atoms with Crippen LogP contribution in [0.3, 0.4) is 0 Å². The highest BCUT2D eigenvalue weighted by molar-refractivity contribution is 7.29. The lowest BCUT2D eigenvalue weighted by atomic mass is 10.2. The fourth-order valence-electron chi connectivity index (χ4n) is 5.49. The molecule has 0 amide bonds. The monoisotopic (exact) mass is 822 g/mol. The average molecular weight is 823 g/mol. The van der Waals surface area contributed by atoms with Crippen LogP contribution >= 0.6 is 79.4 Å². The van der Waals surface area contributed by atoms with Gasteiger partial charge in [0.05, 0.1) is 9.75 Å². The average Bonchev–Trinajstić information content (AvgIpc) is 4.00. The van der Waals surface area contributed by atoms with Gasteiger partial charge in [0.15, 0.2) is 0 Å². The molecule has 7 aromatic rings. The van der Waals surface area contributed by atoms with Crippen LogP contribution in [0, 0.1) is 23.7 Å². The highest BCUT2D eigenvalue weighted by Gasteiger charge is 2.12. The van der Waals surface area contributed by atoms with E-state index in [-0.39, 0.29) is 0 Å². The molecule has 272 valence electrons. The number of rotatable bonds is 13. The van der Waals surface area contributed by atoms with E-state index in [4.69, 9.17) is 0 Å². The van der Waals surface area contributed by atoms with Crippen molar-refractivity contribution in [1.29, 1.82) is 0 Å². The lowest BCUT2D eigenvalue weighted by Crippen LogP contribution is -1.71. The van der Waals surface area contributed by atoms with E-state index in [1.54, 1.807) is 22.7 Å². The molecule has 0 aliphatic rings. The molecule has 0 aliphatic heterocycles. The van der Waals surface area contributed by atoms with Crippen LogP contribution in [0.4, 0.5) is 0 Å². The third kappa shape index (κ3) is 11.3. The van der Waals surface area contributed by atoms with Crippen LogP contribution in [0.2, 0.25) is 0 Å². The molecule has 7 heteroatoms. The Labute approximate surface area is 345 Å². The summed E-state index contributed by atoms with van der Waals surface area (Å²) in [5, 5.41) is 0. The smallest absolute Gasteiger partial charge is 0.0775 e. The molecule has 7 rings (SSSR count). The van der Waals surface area contributed by atoms with Gasteiger partial charge >= 0.3 is 0 Å². The molecule has 0 saturated carbocycles. The van der Waals surface area contributed by atoms with Gasteiger partial charge in [-0.05, 0) is 111 Å². The maximum absolute atomic E-state index is 3.32. The minimum Gasteiger partial charge on any atom is -0.139 e. The van der Waals surface area contributed by atoms with Crippen molar-refractivity contribution in [2.45, 2.75) is 91.9 Å². The van der Waals surface area contributed by atoms with Crippen molar-refractivity contribution in [3.63, 3.8) is 0 Å². The van der Waals surface area contributed by atoms with E-state index in [0.717, 1.165) is 12.8 Å². The third-order valence-electron chi connectivity index (χ3n) is 8.29. The van der Waals surface area contributed by atoms with Crippen molar-refractivity contribution in [3.8, 4) is 72.5 Å². The normalized spacial score (nSPS) is 10.7. The van der Waals surface area contributed by atoms with Gasteiger partial charge in [0.25, 0.3) is 0 Å². The second kappa shape index (κ2) is 20.6. The topological polar surface area (TPSA) is 0 Å². The summed E-state index contributed by atoms with van der Waals surface area (Å²) in [6.45, 7) is 8.90. The Morgan fingerprint density at radius 3 is 0.981 bits per heavy atom. The van der Waals surface area contributed by atoms with Gasteiger partial charge in [-0.2, -0.15) is 0 Å². The minimum absolute atomic E-state index is 0.998. The lowest BCUT2D eigenvalue weighted by molar-refractivity contribution is 0.828. The molecular weight excluding hydrogens is 777 g/mol. The molecule has 0 aromatic carbocycles. The van der Waals surface area contributed by atoms with Crippen LogP contribution in [-0.4, -0.2) is 0 Å². The van der Waals surface area contributed by atoms with E-state index >= 15 is 0 Å². The van der Waals surface area contributed by atoms with Crippen molar-refractivity contribution in [2.24, 2.45) is 0 Å². The third-order valence-corrected chi connectivity index (χ3v) is 16.8. The van der Waals surface area contributed by atoms with Crippen molar-refractivity contribution in [1.82, 2.24) is 0 Å². The van der Waals surface area contributed by atoms with Gasteiger partial charge < -0.3 is 0 Å². The van der Waals surface area contributed by atoms with Crippen molar-refractivity contribution in [2.75, 3.05) is 0 Å². The summed E-state index contributed by atoms with van der Waals surface area (Å²) in [5.41, 5.74) is 0. The summed E-state index contributed by atoms with van der Waals surface area (Å²) in [6, 6.07) is 31.4. The Balaban J connectivity index is 0.000000185. The molecule has 0 unspecified atom stereocenters. The molecule has 0 atom stereocenters. The summed E-state index contributed by atoms with van der Waals surface area (Å²) in [7, 11) is 0. The van der Waals surface area contributed by atoms with Crippen LogP contribution < -0.4 is 0 Å². The van der Waals surface area contributed by atoms with Crippen LogP contribution in [-0.2, 0) is 12.8 Å². The molecule has 0 radical (unpaired) electrons. The second-order valence-electron chi connectivity index (χ2n) is 12.7. The van der Waals surface area contributed by atoms with Gasteiger partial charge in [0, 0.05) is 71.4 Å². The first kappa shape index (κ1) is 39.7. The molecule has 0 nitrogen and oxygen atoms in total. The fourth-order valence-corrected chi connectivity index (χ4v) is 12.9. The first-order chi connectivity index (χ1) is 26.1. The molecule has 0 N–H and O–H groups in total. The summed E-state index contributed by atoms with van der Waals surface area (Å²) < 4.78 is 0. The summed E-state index contributed by atoms with van der Waals surface area (Å²) in [5.74, 6) is 13.2. The molecular formula is C46H46S7. The molecule has 7 aromatic heterocycles. The maximum Gasteiger partial charge on any atom is 0.0775 e. The number of aryl methyl sites for hydroxylation is 2. The van der Waals surface area contributed by atoms with Gasteiger partial charge in [-0.15, -0.1) is 79.4 Å².